The van der Waals surface area contributed by atoms with Crippen molar-refractivity contribution in [1.82, 2.24) is 0 Å². The van der Waals surface area contributed by atoms with Crippen LogP contribution in [0.4, 0.5) is 22.7 Å². The molecule has 0 bridgehead atoms. The summed E-state index contributed by atoms with van der Waals surface area (Å²) >= 11 is 0. The Hall–Kier alpha value is -4.86. The molecule has 2 nitrogen and oxygen atoms in total. The number of nitrogens with zero attached hydrogens (tertiary/aromatic N) is 2. The monoisotopic (exact) mass is 526 g/mol. The molecule has 0 unspecified atom stereocenters. The molecule has 3 aliphatic heterocycles. The summed E-state index contributed by atoms with van der Waals surface area (Å²) in [7, 11) is -2.98. The highest BCUT2D eigenvalue weighted by Gasteiger charge is 2.59. The minimum absolute atomic E-state index is 0.886. The summed E-state index contributed by atoms with van der Waals surface area (Å²) in [5, 5.41) is 2.87. The highest BCUT2D eigenvalue weighted by Crippen LogP contribution is 2.53. The Morgan fingerprint density at radius 2 is 0.700 bits per heavy atom. The van der Waals surface area contributed by atoms with Gasteiger partial charge in [-0.05, 0) is 56.9 Å². The molecule has 9 rings (SSSR count). The molecule has 1 spiro atoms. The molecule has 3 heteroatoms. The third-order valence-corrected chi connectivity index (χ3v) is 13.6. The second-order valence-corrected chi connectivity index (χ2v) is 14.2. The van der Waals surface area contributed by atoms with E-state index in [0.717, 1.165) is 6.42 Å². The van der Waals surface area contributed by atoms with E-state index in [0.29, 0.717) is 0 Å². The van der Waals surface area contributed by atoms with Crippen LogP contribution in [0.2, 0.25) is 0 Å². The van der Waals surface area contributed by atoms with Gasteiger partial charge in [0, 0.05) is 40.3 Å². The fourth-order valence-corrected chi connectivity index (χ4v) is 13.0. The summed E-state index contributed by atoms with van der Waals surface area (Å²) in [6.07, 6.45) is 0.886. The molecule has 6 aromatic rings. The van der Waals surface area contributed by atoms with Gasteiger partial charge in [-0.2, -0.15) is 0 Å². The maximum absolute atomic E-state index is 2.98. The topological polar surface area (TPSA) is 6.48 Å². The number of rotatable bonds is 0. The van der Waals surface area contributed by atoms with Gasteiger partial charge in [0.2, 0.25) is 0 Å². The van der Waals surface area contributed by atoms with Crippen molar-refractivity contribution in [3.63, 3.8) is 0 Å². The van der Waals surface area contributed by atoms with Crippen molar-refractivity contribution in [2.75, 3.05) is 9.13 Å². The molecule has 0 saturated heterocycles. The van der Waals surface area contributed by atoms with Gasteiger partial charge in [0.1, 0.15) is 0 Å². The zero-order valence-corrected chi connectivity index (χ0v) is 23.0. The first-order chi connectivity index (χ1) is 19.9. The average Bonchev–Trinajstić information content (AvgIpc) is 3.02. The molecule has 0 saturated carbocycles. The standard InChI is InChI=1S/C37H26N2Si/c1-7-19-32-26(13-1)25-27-14-2-8-20-33(27)39-35-22-10-4-16-29(35)31-18-6-12-24-37(31)40(39)36-23-11-5-17-30(36)28-15-3-9-21-34(28)38(32)40/h1-24H,25H2. The molecule has 3 heterocycles. The molecule has 0 fully saturated rings. The van der Waals surface area contributed by atoms with Gasteiger partial charge in [0.25, 0.3) is 0 Å². The first-order valence-electron chi connectivity index (χ1n) is 14.0. The van der Waals surface area contributed by atoms with Gasteiger partial charge in [-0.1, -0.05) is 121 Å². The van der Waals surface area contributed by atoms with E-state index in [-0.39, 0.29) is 0 Å². The lowest BCUT2D eigenvalue weighted by Gasteiger charge is -2.58. The second-order valence-electron chi connectivity index (χ2n) is 10.9. The number of hydrogen-bond acceptors (Lipinski definition) is 2. The quantitative estimate of drug-likeness (QED) is 0.186. The Bertz CT molecular complexity index is 1830. The molecule has 0 aromatic heterocycles. The van der Waals surface area contributed by atoms with Crippen LogP contribution in [0.3, 0.4) is 0 Å². The molecule has 40 heavy (non-hydrogen) atoms. The zero-order valence-electron chi connectivity index (χ0n) is 22.0. The van der Waals surface area contributed by atoms with Crippen molar-refractivity contribution in [3.05, 3.63) is 157 Å². The SMILES string of the molecule is c1ccc2c(c1)Cc1ccccc1N1c3ccccc3-c3ccccc3[Si]13c1ccccc1-c1ccccc1N23. The van der Waals surface area contributed by atoms with E-state index in [9.17, 15) is 0 Å². The molecular weight excluding hydrogens is 501 g/mol. The fraction of sp³-hybridized carbons (Fsp3) is 0.0270. The fourth-order valence-electron chi connectivity index (χ4n) is 7.48. The summed E-state index contributed by atoms with van der Waals surface area (Å²) in [5.74, 6) is 0. The van der Waals surface area contributed by atoms with Crippen LogP contribution in [0.1, 0.15) is 11.1 Å². The minimum atomic E-state index is -2.98. The third-order valence-electron chi connectivity index (χ3n) is 8.97. The average molecular weight is 527 g/mol. The second kappa shape index (κ2) is 8.07. The lowest BCUT2D eigenvalue weighted by Crippen LogP contribution is -2.81. The van der Waals surface area contributed by atoms with Crippen LogP contribution in [-0.4, -0.2) is 8.40 Å². The lowest BCUT2D eigenvalue weighted by molar-refractivity contribution is 1.11. The number of hydrogen-bond donors (Lipinski definition) is 0. The maximum Gasteiger partial charge on any atom is 0.341 e. The largest absolute Gasteiger partial charge is 0.342 e. The van der Waals surface area contributed by atoms with Gasteiger partial charge in [0.15, 0.2) is 0 Å². The third kappa shape index (κ3) is 2.67. The smallest absolute Gasteiger partial charge is 0.341 e. The van der Waals surface area contributed by atoms with Crippen LogP contribution >= 0.6 is 0 Å². The number of anilines is 4. The van der Waals surface area contributed by atoms with Gasteiger partial charge < -0.3 is 9.13 Å². The Morgan fingerprint density at radius 3 is 1.18 bits per heavy atom. The van der Waals surface area contributed by atoms with Crippen LogP contribution < -0.4 is 19.5 Å². The van der Waals surface area contributed by atoms with E-state index < -0.39 is 8.40 Å². The van der Waals surface area contributed by atoms with Crippen molar-refractivity contribution in [1.29, 1.82) is 0 Å². The van der Waals surface area contributed by atoms with Crippen molar-refractivity contribution in [3.8, 4) is 22.3 Å². The molecule has 3 aliphatic rings. The van der Waals surface area contributed by atoms with E-state index in [2.05, 4.69) is 155 Å². The Kier molecular flexibility index (Phi) is 4.44. The summed E-state index contributed by atoms with van der Waals surface area (Å²) < 4.78 is 5.56. The highest BCUT2D eigenvalue weighted by molar-refractivity contribution is 7.11. The number of fused-ring (bicyclic) bond motifs is 12. The van der Waals surface area contributed by atoms with Crippen LogP contribution in [0.25, 0.3) is 22.3 Å². The molecule has 0 aliphatic carbocycles. The van der Waals surface area contributed by atoms with Gasteiger partial charge in [0.05, 0.1) is 0 Å². The van der Waals surface area contributed by atoms with E-state index in [4.69, 9.17) is 0 Å². The summed E-state index contributed by atoms with van der Waals surface area (Å²) in [6.45, 7) is 0. The van der Waals surface area contributed by atoms with E-state index >= 15 is 0 Å². The van der Waals surface area contributed by atoms with Gasteiger partial charge in [-0.15, -0.1) is 0 Å². The Balaban J connectivity index is 1.57. The molecule has 6 aromatic carbocycles. The first-order valence-corrected chi connectivity index (χ1v) is 15.9. The minimum Gasteiger partial charge on any atom is -0.342 e. The molecule has 0 radical (unpaired) electrons. The van der Waals surface area contributed by atoms with Crippen LogP contribution in [-0.2, 0) is 6.42 Å². The van der Waals surface area contributed by atoms with E-state index in [1.54, 1.807) is 0 Å². The predicted octanol–water partition coefficient (Wildman–Crippen LogP) is 7.78. The van der Waals surface area contributed by atoms with E-state index in [1.165, 1.54) is 66.5 Å². The summed E-state index contributed by atoms with van der Waals surface area (Å²) in [4.78, 5) is 0. The van der Waals surface area contributed by atoms with Crippen molar-refractivity contribution >= 4 is 41.5 Å². The summed E-state index contributed by atoms with van der Waals surface area (Å²) in [6, 6.07) is 54.6. The van der Waals surface area contributed by atoms with Gasteiger partial charge in [-0.25, -0.2) is 0 Å². The van der Waals surface area contributed by atoms with Crippen LogP contribution in [0, 0.1) is 0 Å². The Morgan fingerprint density at radius 1 is 0.350 bits per heavy atom. The lowest BCUT2D eigenvalue weighted by atomic mass is 9.98. The molecular formula is C37H26N2Si. The molecule has 188 valence electrons. The predicted molar refractivity (Wildman–Crippen MR) is 169 cm³/mol. The highest BCUT2D eigenvalue weighted by atomic mass is 28.3. The zero-order chi connectivity index (χ0) is 26.3. The first kappa shape index (κ1) is 22.0. The Labute approximate surface area is 235 Å². The van der Waals surface area contributed by atoms with Crippen LogP contribution in [0.15, 0.2) is 146 Å². The molecule has 0 N–H and O–H groups in total. The molecule has 0 amide bonds. The van der Waals surface area contributed by atoms with Crippen LogP contribution in [0.5, 0.6) is 0 Å². The number of para-hydroxylation sites is 4. The van der Waals surface area contributed by atoms with E-state index in [1.807, 2.05) is 0 Å². The normalized spacial score (nSPS) is 15.0. The maximum atomic E-state index is 2.78. The molecule has 0 atom stereocenters. The number of benzene rings is 6. The van der Waals surface area contributed by atoms with Crippen molar-refractivity contribution in [2.45, 2.75) is 6.42 Å². The van der Waals surface area contributed by atoms with Crippen molar-refractivity contribution < 1.29 is 0 Å². The van der Waals surface area contributed by atoms with Gasteiger partial charge >= 0.3 is 8.40 Å². The summed E-state index contributed by atoms with van der Waals surface area (Å²) in [5.41, 5.74) is 13.2. The van der Waals surface area contributed by atoms with Crippen molar-refractivity contribution in [2.24, 2.45) is 0 Å². The van der Waals surface area contributed by atoms with Gasteiger partial charge in [-0.3, -0.25) is 0 Å².